The number of nitrogens with zero attached hydrogens (tertiary/aromatic N) is 3. The lowest BCUT2D eigenvalue weighted by atomic mass is 10.4. The molecule has 0 spiro atoms. The molecule has 0 atom stereocenters. The molecular weight excluding hydrogens is 429 g/mol. The second kappa shape index (κ2) is 9.41. The largest absolute Gasteiger partial charge is 0.357 e. The van der Waals surface area contributed by atoms with Crippen LogP contribution in [-0.2, 0) is 13.1 Å². The van der Waals surface area contributed by atoms with E-state index in [1.54, 1.807) is 22.7 Å². The Hall–Kier alpha value is -0.740. The maximum Gasteiger partial charge on any atom is 0.191 e. The molecule has 2 aromatic heterocycles. The van der Waals surface area contributed by atoms with Crippen molar-refractivity contribution < 1.29 is 0 Å². The zero-order chi connectivity index (χ0) is 15.2. The number of hydrogen-bond donors (Lipinski definition) is 2. The van der Waals surface area contributed by atoms with Crippen LogP contribution in [0.5, 0.6) is 0 Å². The van der Waals surface area contributed by atoms with E-state index in [2.05, 4.69) is 32.5 Å². The Labute approximate surface area is 156 Å². The molecule has 0 bridgehead atoms. The van der Waals surface area contributed by atoms with Crippen molar-refractivity contribution in [3.63, 3.8) is 0 Å². The van der Waals surface area contributed by atoms with E-state index in [0.29, 0.717) is 6.54 Å². The third-order valence-corrected chi connectivity index (χ3v) is 4.98. The van der Waals surface area contributed by atoms with Crippen LogP contribution in [0.2, 0.25) is 0 Å². The zero-order valence-corrected chi connectivity index (χ0v) is 17.2. The highest BCUT2D eigenvalue weighted by molar-refractivity contribution is 14.0. The number of nitrogens with one attached hydrogen (secondary N) is 2. The molecule has 0 amide bonds. The molecule has 0 radical (unpaired) electrons. The van der Waals surface area contributed by atoms with E-state index in [-0.39, 0.29) is 24.0 Å². The number of rotatable bonds is 5. The van der Waals surface area contributed by atoms with Crippen LogP contribution < -0.4 is 10.6 Å². The smallest absolute Gasteiger partial charge is 0.191 e. The summed E-state index contributed by atoms with van der Waals surface area (Å²) in [6.07, 6.45) is 0. The Morgan fingerprint density at radius 3 is 2.50 bits per heavy atom. The molecule has 2 heterocycles. The summed E-state index contributed by atoms with van der Waals surface area (Å²) in [6, 6.07) is 0. The first-order chi connectivity index (χ1) is 10.1. The van der Waals surface area contributed by atoms with Crippen molar-refractivity contribution >= 4 is 52.6 Å². The van der Waals surface area contributed by atoms with Crippen LogP contribution in [0.15, 0.2) is 10.5 Å². The Balaban J connectivity index is 0.00000242. The van der Waals surface area contributed by atoms with Crippen LogP contribution in [0.25, 0.3) is 0 Å². The van der Waals surface area contributed by atoms with E-state index < -0.39 is 0 Å². The second-order valence-corrected chi connectivity index (χ2v) is 6.88. The van der Waals surface area contributed by atoms with Crippen molar-refractivity contribution in [2.75, 3.05) is 6.54 Å². The Morgan fingerprint density at radius 2 is 1.95 bits per heavy atom. The first-order valence-electron chi connectivity index (χ1n) is 6.94. The van der Waals surface area contributed by atoms with Crippen LogP contribution in [0.3, 0.4) is 0 Å². The van der Waals surface area contributed by atoms with Crippen LogP contribution in [0.4, 0.5) is 0 Å². The lowest BCUT2D eigenvalue weighted by molar-refractivity contribution is 0.819. The highest BCUT2D eigenvalue weighted by atomic mass is 127. The van der Waals surface area contributed by atoms with Gasteiger partial charge < -0.3 is 10.6 Å². The van der Waals surface area contributed by atoms with Gasteiger partial charge in [0.25, 0.3) is 0 Å². The fourth-order valence-corrected chi connectivity index (χ4v) is 3.45. The molecule has 0 aliphatic carbocycles. The van der Waals surface area contributed by atoms with Crippen LogP contribution in [0.1, 0.15) is 33.1 Å². The molecule has 122 valence electrons. The first kappa shape index (κ1) is 19.3. The fraction of sp³-hybridized carbons (Fsp3) is 0.500. The molecular formula is C14H22IN5S2. The summed E-state index contributed by atoms with van der Waals surface area (Å²) in [5, 5.41) is 7.72. The quantitative estimate of drug-likeness (QED) is 0.416. The van der Waals surface area contributed by atoms with Gasteiger partial charge in [-0.25, -0.2) is 15.0 Å². The minimum absolute atomic E-state index is 0. The molecule has 2 rings (SSSR count). The number of aryl methyl sites for hydroxylation is 3. The molecule has 0 aromatic carbocycles. The number of aliphatic imine (C=N–C) groups is 1. The van der Waals surface area contributed by atoms with Crippen molar-refractivity contribution in [1.29, 1.82) is 0 Å². The van der Waals surface area contributed by atoms with E-state index in [4.69, 9.17) is 0 Å². The number of thiazole rings is 2. The number of guanidine groups is 1. The highest BCUT2D eigenvalue weighted by Crippen LogP contribution is 2.17. The fourth-order valence-electron chi connectivity index (χ4n) is 1.87. The minimum atomic E-state index is 0. The van der Waals surface area contributed by atoms with Crippen LogP contribution >= 0.6 is 46.7 Å². The van der Waals surface area contributed by atoms with Crippen molar-refractivity contribution in [2.24, 2.45) is 4.99 Å². The van der Waals surface area contributed by atoms with Gasteiger partial charge in [-0.05, 0) is 27.7 Å². The molecule has 8 heteroatoms. The molecule has 22 heavy (non-hydrogen) atoms. The van der Waals surface area contributed by atoms with E-state index in [1.165, 1.54) is 9.75 Å². The van der Waals surface area contributed by atoms with Gasteiger partial charge in [-0.2, -0.15) is 0 Å². The third kappa shape index (κ3) is 5.47. The second-order valence-electron chi connectivity index (χ2n) is 4.65. The molecule has 0 unspecified atom stereocenters. The number of aromatic nitrogens is 2. The van der Waals surface area contributed by atoms with Crippen molar-refractivity contribution in [1.82, 2.24) is 20.6 Å². The monoisotopic (exact) mass is 451 g/mol. The van der Waals surface area contributed by atoms with E-state index >= 15 is 0 Å². The van der Waals surface area contributed by atoms with Gasteiger partial charge >= 0.3 is 0 Å². The van der Waals surface area contributed by atoms with Gasteiger partial charge in [0.1, 0.15) is 0 Å². The third-order valence-electron chi connectivity index (χ3n) is 2.99. The predicted octanol–water partition coefficient (Wildman–Crippen LogP) is 3.40. The first-order valence-corrected chi connectivity index (χ1v) is 8.63. The van der Waals surface area contributed by atoms with Gasteiger partial charge in [0.05, 0.1) is 35.0 Å². The molecule has 0 saturated carbocycles. The molecule has 2 N–H and O–H groups in total. The Kier molecular flexibility index (Phi) is 8.26. The van der Waals surface area contributed by atoms with Crippen LogP contribution in [0, 0.1) is 20.8 Å². The van der Waals surface area contributed by atoms with E-state index in [1.807, 2.05) is 26.3 Å². The average Bonchev–Trinajstić information content (AvgIpc) is 2.99. The summed E-state index contributed by atoms with van der Waals surface area (Å²) in [5.74, 6) is 0.829. The van der Waals surface area contributed by atoms with E-state index in [0.717, 1.165) is 35.4 Å². The van der Waals surface area contributed by atoms with Gasteiger partial charge in [0, 0.05) is 16.3 Å². The molecule has 0 saturated heterocycles. The van der Waals surface area contributed by atoms with Gasteiger partial charge in [-0.15, -0.1) is 46.7 Å². The van der Waals surface area contributed by atoms with Crippen LogP contribution in [-0.4, -0.2) is 22.5 Å². The van der Waals surface area contributed by atoms with Crippen molar-refractivity contribution in [2.45, 2.75) is 40.8 Å². The van der Waals surface area contributed by atoms with Crippen molar-refractivity contribution in [3.05, 3.63) is 31.7 Å². The van der Waals surface area contributed by atoms with Gasteiger partial charge in [-0.1, -0.05) is 0 Å². The SMILES string of the molecule is CCNC(=NCc1sc(C)nc1C)NCc1scnc1C.I. The Bertz CT molecular complexity index is 621. The summed E-state index contributed by atoms with van der Waals surface area (Å²) < 4.78 is 0. The van der Waals surface area contributed by atoms with E-state index in [9.17, 15) is 0 Å². The minimum Gasteiger partial charge on any atom is -0.357 e. The molecule has 5 nitrogen and oxygen atoms in total. The lowest BCUT2D eigenvalue weighted by Gasteiger charge is -2.10. The standard InChI is InChI=1S/C14H21N5S2.HI/c1-5-15-14(16-6-12-9(2)18-8-20-12)17-7-13-10(3)19-11(4)21-13;/h8H,5-7H2,1-4H3,(H2,15,16,17);1H. The summed E-state index contributed by atoms with van der Waals surface area (Å²) >= 11 is 3.38. The summed E-state index contributed by atoms with van der Waals surface area (Å²) in [4.78, 5) is 15.8. The Morgan fingerprint density at radius 1 is 1.18 bits per heavy atom. The van der Waals surface area contributed by atoms with Gasteiger partial charge in [-0.3, -0.25) is 0 Å². The lowest BCUT2D eigenvalue weighted by Crippen LogP contribution is -2.36. The topological polar surface area (TPSA) is 62.2 Å². The number of halogens is 1. The summed E-state index contributed by atoms with van der Waals surface area (Å²) in [6.45, 7) is 10.4. The zero-order valence-electron chi connectivity index (χ0n) is 13.3. The molecule has 0 aliphatic rings. The van der Waals surface area contributed by atoms with Crippen molar-refractivity contribution in [3.8, 4) is 0 Å². The van der Waals surface area contributed by atoms with Gasteiger partial charge in [0.2, 0.25) is 0 Å². The maximum atomic E-state index is 4.64. The predicted molar refractivity (Wildman–Crippen MR) is 106 cm³/mol. The average molecular weight is 451 g/mol. The molecule has 2 aromatic rings. The maximum absolute atomic E-state index is 4.64. The summed E-state index contributed by atoms with van der Waals surface area (Å²) in [7, 11) is 0. The molecule has 0 fully saturated rings. The highest BCUT2D eigenvalue weighted by Gasteiger charge is 2.06. The number of hydrogen-bond acceptors (Lipinski definition) is 5. The molecule has 0 aliphatic heterocycles. The normalized spacial score (nSPS) is 11.2. The summed E-state index contributed by atoms with van der Waals surface area (Å²) in [5.41, 5.74) is 4.03. The van der Waals surface area contributed by atoms with Gasteiger partial charge in [0.15, 0.2) is 5.96 Å².